The highest BCUT2D eigenvalue weighted by atomic mass is 35.5. The summed E-state index contributed by atoms with van der Waals surface area (Å²) in [6.45, 7) is 2.22. The van der Waals surface area contributed by atoms with Crippen molar-refractivity contribution < 1.29 is 4.84 Å². The quantitative estimate of drug-likeness (QED) is 0.327. The van der Waals surface area contributed by atoms with Crippen LogP contribution in [0.2, 0.25) is 0 Å². The molecule has 0 amide bonds. The number of hydrogen-bond donors (Lipinski definition) is 0. The van der Waals surface area contributed by atoms with E-state index >= 15 is 0 Å². The third-order valence-electron chi connectivity index (χ3n) is 0.440. The van der Waals surface area contributed by atoms with E-state index in [0.29, 0.717) is 6.61 Å². The minimum absolute atomic E-state index is 0.438. The van der Waals surface area contributed by atoms with Crippen molar-refractivity contribution in [1.29, 1.82) is 0 Å². The van der Waals surface area contributed by atoms with Crippen molar-refractivity contribution in [2.75, 3.05) is 6.61 Å². The molecule has 0 spiro atoms. The molecule has 2 nitrogen and oxygen atoms in total. The maximum atomic E-state index is 5.17. The smallest absolute Gasteiger partial charge is 0.136 e. The van der Waals surface area contributed by atoms with Crippen LogP contribution in [0, 0.1) is 0 Å². The van der Waals surface area contributed by atoms with Gasteiger partial charge < -0.3 is 4.84 Å². The minimum Gasteiger partial charge on any atom is -0.392 e. The molecule has 0 bridgehead atoms. The fraction of sp³-hybridized carbons (Fsp3) is 0.400. The molecule has 0 radical (unpaired) electrons. The molecule has 0 aromatic heterocycles. The maximum Gasteiger partial charge on any atom is 0.136 e. The molecule has 0 rings (SSSR count). The van der Waals surface area contributed by atoms with Crippen molar-refractivity contribution in [3.63, 3.8) is 0 Å². The van der Waals surface area contributed by atoms with Gasteiger partial charge in [-0.3, -0.25) is 0 Å². The fourth-order valence-corrected chi connectivity index (χ4v) is 0.270. The van der Waals surface area contributed by atoms with E-state index in [2.05, 4.69) is 9.99 Å². The lowest BCUT2D eigenvalue weighted by Crippen LogP contribution is -1.79. The molecular weight excluding hydrogens is 126 g/mol. The summed E-state index contributed by atoms with van der Waals surface area (Å²) in [6, 6.07) is 0. The molecule has 0 fully saturated rings. The molecule has 0 unspecified atom stereocenters. The van der Waals surface area contributed by atoms with Crippen LogP contribution in [0.5, 0.6) is 0 Å². The van der Waals surface area contributed by atoms with Crippen molar-refractivity contribution in [3.05, 3.63) is 11.6 Å². The molecule has 0 N–H and O–H groups in total. The highest BCUT2D eigenvalue weighted by molar-refractivity contribution is 6.25. The van der Waals surface area contributed by atoms with Crippen molar-refractivity contribution in [3.8, 4) is 0 Å². The Morgan fingerprint density at radius 1 is 1.75 bits per heavy atom. The lowest BCUT2D eigenvalue weighted by molar-refractivity contribution is 0.176. The number of halogens is 1. The van der Waals surface area contributed by atoms with Crippen LogP contribution >= 0.6 is 11.6 Å². The van der Waals surface area contributed by atoms with Crippen LogP contribution in [0.1, 0.15) is 6.92 Å². The second kappa shape index (κ2) is 6.50. The largest absolute Gasteiger partial charge is 0.392 e. The maximum absolute atomic E-state index is 5.17. The molecule has 46 valence electrons. The van der Waals surface area contributed by atoms with Crippen LogP contribution in [0.25, 0.3) is 0 Å². The van der Waals surface area contributed by atoms with Gasteiger partial charge in [0.2, 0.25) is 0 Å². The Morgan fingerprint density at radius 2 is 2.50 bits per heavy atom. The van der Waals surface area contributed by atoms with Gasteiger partial charge in [-0.05, 0) is 13.0 Å². The predicted octanol–water partition coefficient (Wildman–Crippen LogP) is 1.76. The summed E-state index contributed by atoms with van der Waals surface area (Å²) in [4.78, 5) is 4.62. The summed E-state index contributed by atoms with van der Waals surface area (Å²) in [6.07, 6.45) is 3.23. The van der Waals surface area contributed by atoms with Crippen molar-refractivity contribution >= 4 is 17.8 Å². The SMILES string of the molecule is C/C=N/OC/C=C/Cl. The average molecular weight is 134 g/mol. The van der Waals surface area contributed by atoms with E-state index in [9.17, 15) is 0 Å². The summed E-state index contributed by atoms with van der Waals surface area (Å²) < 4.78 is 0. The first-order chi connectivity index (χ1) is 3.91. The predicted molar refractivity (Wildman–Crippen MR) is 35.1 cm³/mol. The van der Waals surface area contributed by atoms with Crippen LogP contribution in [0.3, 0.4) is 0 Å². The standard InChI is InChI=1S/C5H8ClNO/c1-2-7-8-5-3-4-6/h2-4H,5H2,1H3/b4-3+,7-2+. The molecule has 3 heteroatoms. The van der Waals surface area contributed by atoms with E-state index in [1.165, 1.54) is 5.54 Å². The van der Waals surface area contributed by atoms with Crippen molar-refractivity contribution in [1.82, 2.24) is 0 Å². The Balaban J connectivity index is 2.93. The molecule has 0 aromatic carbocycles. The van der Waals surface area contributed by atoms with E-state index in [-0.39, 0.29) is 0 Å². The molecule has 0 heterocycles. The topological polar surface area (TPSA) is 21.6 Å². The van der Waals surface area contributed by atoms with Gasteiger partial charge in [0.1, 0.15) is 6.61 Å². The summed E-state index contributed by atoms with van der Waals surface area (Å²) in [7, 11) is 0. The van der Waals surface area contributed by atoms with Gasteiger partial charge in [0.15, 0.2) is 0 Å². The summed E-state index contributed by atoms with van der Waals surface area (Å²) >= 11 is 5.17. The molecule has 0 aliphatic rings. The van der Waals surface area contributed by atoms with E-state index < -0.39 is 0 Å². The third kappa shape index (κ3) is 5.50. The molecule has 8 heavy (non-hydrogen) atoms. The molecular formula is C5H8ClNO. The highest BCUT2D eigenvalue weighted by Crippen LogP contribution is 1.79. The van der Waals surface area contributed by atoms with Crippen LogP contribution in [0.15, 0.2) is 16.8 Å². The Bertz CT molecular complexity index is 78.4. The monoisotopic (exact) mass is 133 g/mol. The Hall–Kier alpha value is -0.500. The zero-order chi connectivity index (χ0) is 6.24. The van der Waals surface area contributed by atoms with Gasteiger partial charge in [-0.2, -0.15) is 0 Å². The van der Waals surface area contributed by atoms with E-state index in [1.54, 1.807) is 19.2 Å². The second-order valence-electron chi connectivity index (χ2n) is 1.02. The Morgan fingerprint density at radius 3 is 3.00 bits per heavy atom. The van der Waals surface area contributed by atoms with E-state index in [0.717, 1.165) is 0 Å². The van der Waals surface area contributed by atoms with Gasteiger partial charge in [0.05, 0.1) is 0 Å². The molecule has 0 aromatic rings. The average Bonchev–Trinajstić information content (AvgIpc) is 1.81. The highest BCUT2D eigenvalue weighted by Gasteiger charge is 1.69. The lowest BCUT2D eigenvalue weighted by Gasteiger charge is -1.87. The van der Waals surface area contributed by atoms with E-state index in [1.807, 2.05) is 0 Å². The van der Waals surface area contributed by atoms with Gasteiger partial charge >= 0.3 is 0 Å². The zero-order valence-corrected chi connectivity index (χ0v) is 5.43. The van der Waals surface area contributed by atoms with Gasteiger partial charge in [-0.25, -0.2) is 0 Å². The first kappa shape index (κ1) is 7.50. The molecule has 0 atom stereocenters. The van der Waals surface area contributed by atoms with Crippen LogP contribution < -0.4 is 0 Å². The first-order valence-electron chi connectivity index (χ1n) is 2.27. The summed E-state index contributed by atoms with van der Waals surface area (Å²) in [5.74, 6) is 0. The zero-order valence-electron chi connectivity index (χ0n) is 4.67. The second-order valence-corrected chi connectivity index (χ2v) is 1.27. The van der Waals surface area contributed by atoms with Gasteiger partial charge in [-0.15, -0.1) is 0 Å². The number of oxime groups is 1. The van der Waals surface area contributed by atoms with Crippen LogP contribution in [-0.2, 0) is 4.84 Å². The number of rotatable bonds is 3. The molecule has 0 saturated carbocycles. The van der Waals surface area contributed by atoms with Crippen LogP contribution in [0.4, 0.5) is 0 Å². The number of hydrogen-bond acceptors (Lipinski definition) is 2. The van der Waals surface area contributed by atoms with Gasteiger partial charge in [-0.1, -0.05) is 16.8 Å². The molecule has 0 saturated heterocycles. The van der Waals surface area contributed by atoms with Gasteiger partial charge in [0, 0.05) is 11.7 Å². The van der Waals surface area contributed by atoms with Gasteiger partial charge in [0.25, 0.3) is 0 Å². The third-order valence-corrected chi connectivity index (χ3v) is 0.618. The molecule has 0 aliphatic carbocycles. The Labute approximate surface area is 53.8 Å². The fourth-order valence-electron chi connectivity index (χ4n) is 0.197. The Kier molecular flexibility index (Phi) is 6.09. The van der Waals surface area contributed by atoms with Crippen LogP contribution in [-0.4, -0.2) is 12.8 Å². The van der Waals surface area contributed by atoms with Crippen molar-refractivity contribution in [2.45, 2.75) is 6.92 Å². The van der Waals surface area contributed by atoms with E-state index in [4.69, 9.17) is 11.6 Å². The normalized spacial score (nSPS) is 11.2. The first-order valence-corrected chi connectivity index (χ1v) is 2.70. The van der Waals surface area contributed by atoms with Crippen molar-refractivity contribution in [2.24, 2.45) is 5.16 Å². The molecule has 0 aliphatic heterocycles. The lowest BCUT2D eigenvalue weighted by atomic mass is 10.7. The number of nitrogens with zero attached hydrogens (tertiary/aromatic N) is 1. The minimum atomic E-state index is 0.438. The summed E-state index contributed by atoms with van der Waals surface area (Å²) in [5, 5.41) is 3.47. The summed E-state index contributed by atoms with van der Waals surface area (Å²) in [5.41, 5.74) is 1.39.